The lowest BCUT2D eigenvalue weighted by atomic mass is 10.3. The molecule has 2 N–H and O–H groups in total. The van der Waals surface area contributed by atoms with Gasteiger partial charge in [-0.2, -0.15) is 0 Å². The first-order valence-electron chi connectivity index (χ1n) is 4.43. The quantitative estimate of drug-likeness (QED) is 0.686. The molecular weight excluding hydrogens is 138 g/mol. The number of nitrogens with two attached hydrogens (primary N) is 1. The van der Waals surface area contributed by atoms with Crippen LogP contribution in [-0.4, -0.2) is 19.3 Å². The number of hydrogen-bond acceptors (Lipinski definition) is 2. The van der Waals surface area contributed by atoms with Crippen molar-refractivity contribution in [3.05, 3.63) is 0 Å². The highest BCUT2D eigenvalue weighted by molar-refractivity contribution is 4.50. The minimum absolute atomic E-state index is 0.431. The van der Waals surface area contributed by atoms with Crippen LogP contribution in [0, 0.1) is 0 Å². The Bertz CT molecular complexity index is 58.6. The topological polar surface area (TPSA) is 35.2 Å². The molecule has 0 rings (SSSR count). The van der Waals surface area contributed by atoms with Gasteiger partial charge in [0.25, 0.3) is 0 Å². The summed E-state index contributed by atoms with van der Waals surface area (Å²) in [4.78, 5) is 0. The van der Waals surface area contributed by atoms with Gasteiger partial charge in [-0.15, -0.1) is 0 Å². The number of hydrogen-bond donors (Lipinski definition) is 1. The fourth-order valence-electron chi connectivity index (χ4n) is 0.589. The fourth-order valence-corrected chi connectivity index (χ4v) is 0.589. The van der Waals surface area contributed by atoms with Gasteiger partial charge >= 0.3 is 0 Å². The number of rotatable bonds is 4. The summed E-state index contributed by atoms with van der Waals surface area (Å²) < 4.78 is 5.55. The molecule has 0 aromatic heterocycles. The average molecular weight is 161 g/mol. The summed E-state index contributed by atoms with van der Waals surface area (Å²) in [5, 5.41) is 0. The molecule has 0 aromatic rings. The highest BCUT2D eigenvalue weighted by Crippen LogP contribution is 2.03. The second-order valence-corrected chi connectivity index (χ2v) is 2.57. The molecule has 2 unspecified atom stereocenters. The molecule has 0 saturated heterocycles. The van der Waals surface area contributed by atoms with Crippen LogP contribution >= 0.6 is 0 Å². The molecule has 0 heterocycles. The molecule has 70 valence electrons. The van der Waals surface area contributed by atoms with Gasteiger partial charge < -0.3 is 10.5 Å². The van der Waals surface area contributed by atoms with Gasteiger partial charge in [-0.25, -0.2) is 0 Å². The van der Waals surface area contributed by atoms with E-state index in [9.17, 15) is 0 Å². The Morgan fingerprint density at radius 1 is 1.00 bits per heavy atom. The molecule has 0 amide bonds. The lowest BCUT2D eigenvalue weighted by Gasteiger charge is -2.15. The summed E-state index contributed by atoms with van der Waals surface area (Å²) in [5.74, 6) is 0. The summed E-state index contributed by atoms with van der Waals surface area (Å²) in [6.45, 7) is 8.53. The summed E-state index contributed by atoms with van der Waals surface area (Å²) in [6.07, 6.45) is 3.09. The third-order valence-electron chi connectivity index (χ3n) is 1.61. The van der Waals surface area contributed by atoms with Crippen molar-refractivity contribution in [2.75, 3.05) is 7.05 Å². The minimum atomic E-state index is 0.431. The minimum Gasteiger partial charge on any atom is -0.376 e. The van der Waals surface area contributed by atoms with Crippen LogP contribution < -0.4 is 5.73 Å². The molecule has 2 heteroatoms. The lowest BCUT2D eigenvalue weighted by Crippen LogP contribution is -2.14. The normalized spacial score (nSPS) is 14.7. The molecule has 11 heavy (non-hydrogen) atoms. The van der Waals surface area contributed by atoms with Crippen LogP contribution in [0.1, 0.15) is 40.5 Å². The van der Waals surface area contributed by atoms with Crippen molar-refractivity contribution >= 4 is 0 Å². The van der Waals surface area contributed by atoms with Gasteiger partial charge in [0, 0.05) is 0 Å². The van der Waals surface area contributed by atoms with Crippen LogP contribution in [0.4, 0.5) is 0 Å². The van der Waals surface area contributed by atoms with Crippen molar-refractivity contribution in [1.29, 1.82) is 0 Å². The standard InChI is InChI=1S/C8H18O.CH5N/c1-5-7(3)9-8(4)6-2;1-2/h7-8H,5-6H2,1-4H3;2H2,1H3. The number of ether oxygens (including phenoxy) is 1. The molecule has 0 bridgehead atoms. The predicted octanol–water partition coefficient (Wildman–Crippen LogP) is 2.17. The van der Waals surface area contributed by atoms with Crippen LogP contribution in [0.25, 0.3) is 0 Å². The average Bonchev–Trinajstić information content (AvgIpc) is 2.07. The first kappa shape index (κ1) is 13.5. The Kier molecular flexibility index (Phi) is 12.2. The third kappa shape index (κ3) is 9.92. The maximum Gasteiger partial charge on any atom is 0.0548 e. The van der Waals surface area contributed by atoms with Gasteiger partial charge in [-0.3, -0.25) is 0 Å². The Balaban J connectivity index is 0. The maximum atomic E-state index is 5.55. The Labute approximate surface area is 71.1 Å². The van der Waals surface area contributed by atoms with E-state index < -0.39 is 0 Å². The molecule has 0 aliphatic rings. The first-order valence-corrected chi connectivity index (χ1v) is 4.43. The smallest absolute Gasteiger partial charge is 0.0548 e. The van der Waals surface area contributed by atoms with Gasteiger partial charge in [0.05, 0.1) is 12.2 Å². The van der Waals surface area contributed by atoms with Gasteiger partial charge in [0.15, 0.2) is 0 Å². The summed E-state index contributed by atoms with van der Waals surface area (Å²) in [5.41, 5.74) is 4.50. The SMILES string of the molecule is CCC(C)OC(C)CC.CN. The summed E-state index contributed by atoms with van der Waals surface area (Å²) >= 11 is 0. The van der Waals surface area contributed by atoms with E-state index in [-0.39, 0.29) is 0 Å². The zero-order valence-electron chi connectivity index (χ0n) is 8.55. The van der Waals surface area contributed by atoms with E-state index in [1.54, 1.807) is 0 Å². The van der Waals surface area contributed by atoms with Crippen molar-refractivity contribution in [3.8, 4) is 0 Å². The van der Waals surface area contributed by atoms with Gasteiger partial charge in [-0.05, 0) is 33.7 Å². The Morgan fingerprint density at radius 2 is 1.27 bits per heavy atom. The van der Waals surface area contributed by atoms with Crippen molar-refractivity contribution in [1.82, 2.24) is 0 Å². The molecule has 2 nitrogen and oxygen atoms in total. The molecule has 0 fully saturated rings. The van der Waals surface area contributed by atoms with Gasteiger partial charge in [0.1, 0.15) is 0 Å². The van der Waals surface area contributed by atoms with Crippen molar-refractivity contribution < 1.29 is 4.74 Å². The monoisotopic (exact) mass is 161 g/mol. The van der Waals surface area contributed by atoms with E-state index in [1.807, 2.05) is 0 Å². The maximum absolute atomic E-state index is 5.55. The zero-order chi connectivity index (χ0) is 9.28. The van der Waals surface area contributed by atoms with Crippen molar-refractivity contribution in [2.45, 2.75) is 52.7 Å². The van der Waals surface area contributed by atoms with Gasteiger partial charge in [-0.1, -0.05) is 13.8 Å². The largest absolute Gasteiger partial charge is 0.376 e. The summed E-state index contributed by atoms with van der Waals surface area (Å²) in [7, 11) is 1.50. The van der Waals surface area contributed by atoms with E-state index in [2.05, 4.69) is 33.4 Å². The zero-order valence-corrected chi connectivity index (χ0v) is 8.55. The first-order chi connectivity index (χ1) is 5.20. The highest BCUT2D eigenvalue weighted by Gasteiger charge is 2.02. The third-order valence-corrected chi connectivity index (χ3v) is 1.61. The van der Waals surface area contributed by atoms with E-state index in [4.69, 9.17) is 4.74 Å². The summed E-state index contributed by atoms with van der Waals surface area (Å²) in [6, 6.07) is 0. The van der Waals surface area contributed by atoms with E-state index in [0.29, 0.717) is 12.2 Å². The molecule has 0 spiro atoms. The van der Waals surface area contributed by atoms with Crippen LogP contribution in [0.15, 0.2) is 0 Å². The Hall–Kier alpha value is -0.0800. The van der Waals surface area contributed by atoms with Crippen LogP contribution in [0.3, 0.4) is 0 Å². The van der Waals surface area contributed by atoms with E-state index in [1.165, 1.54) is 7.05 Å². The molecule has 0 aliphatic heterocycles. The molecular formula is C9H23NO. The molecule has 0 aliphatic carbocycles. The molecule has 2 atom stereocenters. The molecule has 0 aromatic carbocycles. The van der Waals surface area contributed by atoms with Crippen LogP contribution in [0.5, 0.6) is 0 Å². The second-order valence-electron chi connectivity index (χ2n) is 2.57. The fraction of sp³-hybridized carbons (Fsp3) is 1.00. The van der Waals surface area contributed by atoms with Crippen LogP contribution in [0.2, 0.25) is 0 Å². The van der Waals surface area contributed by atoms with E-state index in [0.717, 1.165) is 12.8 Å². The van der Waals surface area contributed by atoms with Gasteiger partial charge in [0.2, 0.25) is 0 Å². The highest BCUT2D eigenvalue weighted by atomic mass is 16.5. The molecule has 0 saturated carbocycles. The predicted molar refractivity (Wildman–Crippen MR) is 50.7 cm³/mol. The lowest BCUT2D eigenvalue weighted by molar-refractivity contribution is 0.00511. The van der Waals surface area contributed by atoms with Crippen molar-refractivity contribution in [3.63, 3.8) is 0 Å². The van der Waals surface area contributed by atoms with E-state index >= 15 is 0 Å². The van der Waals surface area contributed by atoms with Crippen LogP contribution in [-0.2, 0) is 4.74 Å². The second kappa shape index (κ2) is 9.92. The van der Waals surface area contributed by atoms with Crippen molar-refractivity contribution in [2.24, 2.45) is 5.73 Å². The Morgan fingerprint density at radius 3 is 1.45 bits per heavy atom. The molecule has 0 radical (unpaired) electrons.